The van der Waals surface area contributed by atoms with Crippen LogP contribution in [0, 0.1) is 0 Å². The lowest BCUT2D eigenvalue weighted by Gasteiger charge is -2.03. The van der Waals surface area contributed by atoms with Crippen LogP contribution in [0.25, 0.3) is 22.2 Å². The van der Waals surface area contributed by atoms with Crippen molar-refractivity contribution in [2.24, 2.45) is 7.05 Å². The van der Waals surface area contributed by atoms with Gasteiger partial charge in [-0.15, -0.1) is 0 Å². The van der Waals surface area contributed by atoms with Crippen molar-refractivity contribution in [1.29, 1.82) is 0 Å². The van der Waals surface area contributed by atoms with Gasteiger partial charge in [0.05, 0.1) is 12.2 Å². The molecule has 0 saturated heterocycles. The van der Waals surface area contributed by atoms with Crippen molar-refractivity contribution >= 4 is 10.9 Å². The number of aryl methyl sites for hydroxylation is 1. The molecule has 0 unspecified atom stereocenters. The number of para-hydroxylation sites is 1. The first kappa shape index (κ1) is 12.8. The lowest BCUT2D eigenvalue weighted by Crippen LogP contribution is -2.14. The number of nitrogens with one attached hydrogen (secondary N) is 1. The van der Waals surface area contributed by atoms with Gasteiger partial charge in [0.2, 0.25) is 0 Å². The van der Waals surface area contributed by atoms with Gasteiger partial charge < -0.3 is 9.88 Å². The second kappa shape index (κ2) is 5.43. The first-order valence-electron chi connectivity index (χ1n) is 6.86. The van der Waals surface area contributed by atoms with Crippen LogP contribution in [0.5, 0.6) is 0 Å². The second-order valence-electron chi connectivity index (χ2n) is 4.81. The van der Waals surface area contributed by atoms with Crippen molar-refractivity contribution in [3.05, 3.63) is 48.5 Å². The topological polar surface area (TPSA) is 42.7 Å². The Labute approximate surface area is 118 Å². The molecule has 0 spiro atoms. The van der Waals surface area contributed by atoms with Crippen LogP contribution < -0.4 is 5.32 Å². The average Bonchev–Trinajstić information content (AvgIpc) is 2.83. The van der Waals surface area contributed by atoms with Crippen LogP contribution in [0.15, 0.2) is 42.7 Å². The van der Waals surface area contributed by atoms with Gasteiger partial charge in [0.1, 0.15) is 5.82 Å². The maximum atomic E-state index is 4.66. The number of rotatable bonds is 4. The summed E-state index contributed by atoms with van der Waals surface area (Å²) in [4.78, 5) is 8.97. The van der Waals surface area contributed by atoms with Crippen LogP contribution in [0.4, 0.5) is 0 Å². The normalized spacial score (nSPS) is 11.1. The van der Waals surface area contributed by atoms with E-state index < -0.39 is 0 Å². The number of nitrogens with zero attached hydrogens (tertiary/aromatic N) is 3. The summed E-state index contributed by atoms with van der Waals surface area (Å²) in [5.74, 6) is 0.831. The fraction of sp³-hybridized carbons (Fsp3) is 0.250. The van der Waals surface area contributed by atoms with Crippen molar-refractivity contribution in [3.8, 4) is 11.3 Å². The molecule has 0 aliphatic rings. The average molecular weight is 266 g/mol. The van der Waals surface area contributed by atoms with Crippen LogP contribution in [-0.2, 0) is 13.6 Å². The summed E-state index contributed by atoms with van der Waals surface area (Å²) in [5, 5.41) is 4.48. The molecule has 0 atom stereocenters. The first-order chi connectivity index (χ1) is 9.79. The molecule has 4 nitrogen and oxygen atoms in total. The van der Waals surface area contributed by atoms with E-state index in [4.69, 9.17) is 0 Å². The van der Waals surface area contributed by atoms with Crippen molar-refractivity contribution in [2.45, 2.75) is 13.5 Å². The minimum Gasteiger partial charge on any atom is -0.350 e. The number of hydrogen-bond donors (Lipinski definition) is 1. The Bertz CT molecular complexity index is 730. The van der Waals surface area contributed by atoms with E-state index in [0.29, 0.717) is 6.54 Å². The third-order valence-corrected chi connectivity index (χ3v) is 3.41. The summed E-state index contributed by atoms with van der Waals surface area (Å²) in [7, 11) is 2.06. The van der Waals surface area contributed by atoms with E-state index >= 15 is 0 Å². The van der Waals surface area contributed by atoms with Gasteiger partial charge in [-0.1, -0.05) is 25.1 Å². The van der Waals surface area contributed by atoms with Gasteiger partial charge in [-0.3, -0.25) is 0 Å². The number of fused-ring (bicyclic) bond motifs is 1. The van der Waals surface area contributed by atoms with Gasteiger partial charge in [0.15, 0.2) is 0 Å². The molecule has 0 bridgehead atoms. The number of hydrogen-bond acceptors (Lipinski definition) is 3. The zero-order chi connectivity index (χ0) is 13.9. The van der Waals surface area contributed by atoms with Crippen LogP contribution >= 0.6 is 0 Å². The molecule has 2 heterocycles. The third-order valence-electron chi connectivity index (χ3n) is 3.41. The van der Waals surface area contributed by atoms with Crippen molar-refractivity contribution in [3.63, 3.8) is 0 Å². The number of aromatic nitrogens is 3. The van der Waals surface area contributed by atoms with Gasteiger partial charge in [-0.2, -0.15) is 0 Å². The Kier molecular flexibility index (Phi) is 3.48. The molecule has 102 valence electrons. The summed E-state index contributed by atoms with van der Waals surface area (Å²) >= 11 is 0. The third kappa shape index (κ3) is 2.30. The van der Waals surface area contributed by atoms with Crippen LogP contribution in [0.1, 0.15) is 12.7 Å². The standard InChI is InChI=1S/C16H18N4/c1-3-17-10-16-18-9-8-14(19-16)13-11-20(2)15-7-5-4-6-12(13)15/h4-9,11,17H,3,10H2,1-2H3. The quantitative estimate of drug-likeness (QED) is 0.789. The van der Waals surface area contributed by atoms with Crippen LogP contribution in [0.2, 0.25) is 0 Å². The van der Waals surface area contributed by atoms with E-state index in [1.807, 2.05) is 12.3 Å². The Morgan fingerprint density at radius 2 is 2.05 bits per heavy atom. The SMILES string of the molecule is CCNCc1nccc(-c2cn(C)c3ccccc23)n1. The molecule has 0 fully saturated rings. The maximum Gasteiger partial charge on any atom is 0.142 e. The second-order valence-corrected chi connectivity index (χ2v) is 4.81. The maximum absolute atomic E-state index is 4.66. The highest BCUT2D eigenvalue weighted by Crippen LogP contribution is 2.28. The molecule has 3 aromatic rings. The summed E-state index contributed by atoms with van der Waals surface area (Å²) in [6, 6.07) is 10.3. The van der Waals surface area contributed by atoms with Gasteiger partial charge in [-0.05, 0) is 18.7 Å². The van der Waals surface area contributed by atoms with Gasteiger partial charge in [-0.25, -0.2) is 9.97 Å². The molecule has 3 rings (SSSR count). The summed E-state index contributed by atoms with van der Waals surface area (Å²) in [6.07, 6.45) is 3.96. The van der Waals surface area contributed by atoms with Crippen molar-refractivity contribution < 1.29 is 0 Å². The lowest BCUT2D eigenvalue weighted by atomic mass is 10.1. The van der Waals surface area contributed by atoms with E-state index in [0.717, 1.165) is 23.6 Å². The molecular formula is C16H18N4. The Morgan fingerprint density at radius 1 is 1.20 bits per heavy atom. The molecule has 0 aliphatic heterocycles. The predicted octanol–water partition coefficient (Wildman–Crippen LogP) is 2.74. The predicted molar refractivity (Wildman–Crippen MR) is 81.3 cm³/mol. The van der Waals surface area contributed by atoms with E-state index in [1.54, 1.807) is 0 Å². The highest BCUT2D eigenvalue weighted by atomic mass is 15.0. The zero-order valence-electron chi connectivity index (χ0n) is 11.8. The van der Waals surface area contributed by atoms with E-state index in [2.05, 4.69) is 64.3 Å². The van der Waals surface area contributed by atoms with E-state index in [1.165, 1.54) is 10.9 Å². The molecule has 0 aliphatic carbocycles. The summed E-state index contributed by atoms with van der Waals surface area (Å²) < 4.78 is 2.14. The van der Waals surface area contributed by atoms with E-state index in [-0.39, 0.29) is 0 Å². The van der Waals surface area contributed by atoms with Crippen LogP contribution in [-0.4, -0.2) is 21.1 Å². The Morgan fingerprint density at radius 3 is 2.90 bits per heavy atom. The molecule has 2 aromatic heterocycles. The molecule has 4 heteroatoms. The van der Waals surface area contributed by atoms with Crippen LogP contribution in [0.3, 0.4) is 0 Å². The van der Waals surface area contributed by atoms with Crippen molar-refractivity contribution in [1.82, 2.24) is 19.9 Å². The number of benzene rings is 1. The minimum atomic E-state index is 0.703. The molecule has 0 amide bonds. The van der Waals surface area contributed by atoms with Gasteiger partial charge in [0, 0.05) is 35.9 Å². The first-order valence-corrected chi connectivity index (χ1v) is 6.86. The highest BCUT2D eigenvalue weighted by Gasteiger charge is 2.09. The Balaban J connectivity index is 2.07. The fourth-order valence-corrected chi connectivity index (χ4v) is 2.42. The zero-order valence-corrected chi connectivity index (χ0v) is 11.8. The molecule has 1 aromatic carbocycles. The highest BCUT2D eigenvalue weighted by molar-refractivity contribution is 5.95. The van der Waals surface area contributed by atoms with Crippen molar-refractivity contribution in [2.75, 3.05) is 6.54 Å². The fourth-order valence-electron chi connectivity index (χ4n) is 2.42. The molecular weight excluding hydrogens is 248 g/mol. The minimum absolute atomic E-state index is 0.703. The van der Waals surface area contributed by atoms with Gasteiger partial charge >= 0.3 is 0 Å². The van der Waals surface area contributed by atoms with Gasteiger partial charge in [0.25, 0.3) is 0 Å². The molecule has 0 radical (unpaired) electrons. The van der Waals surface area contributed by atoms with E-state index in [9.17, 15) is 0 Å². The summed E-state index contributed by atoms with van der Waals surface area (Å²) in [5.41, 5.74) is 3.35. The lowest BCUT2D eigenvalue weighted by molar-refractivity contribution is 0.691. The Hall–Kier alpha value is -2.20. The largest absolute Gasteiger partial charge is 0.350 e. The molecule has 1 N–H and O–H groups in total. The smallest absolute Gasteiger partial charge is 0.142 e. The molecule has 0 saturated carbocycles. The molecule has 20 heavy (non-hydrogen) atoms. The monoisotopic (exact) mass is 266 g/mol. The summed E-state index contributed by atoms with van der Waals surface area (Å²) in [6.45, 7) is 3.70.